The second-order valence-corrected chi connectivity index (χ2v) is 10.9. The summed E-state index contributed by atoms with van der Waals surface area (Å²) in [6.07, 6.45) is 6.02. The summed E-state index contributed by atoms with van der Waals surface area (Å²) in [6, 6.07) is 11.4. The third-order valence-electron chi connectivity index (χ3n) is 5.41. The molecule has 2 aromatic rings. The number of phosphoric acid groups is 1. The van der Waals surface area contributed by atoms with Gasteiger partial charge in [-0.1, -0.05) is 58.9 Å². The molecule has 2 aromatic carbocycles. The molecule has 1 amide bonds. The maximum Gasteiger partial charge on any atom is 0.530 e. The second kappa shape index (κ2) is 16.8. The van der Waals surface area contributed by atoms with Crippen LogP contribution in [-0.2, 0) is 18.6 Å². The fourth-order valence-electron chi connectivity index (χ4n) is 3.35. The average molecular weight is 566 g/mol. The summed E-state index contributed by atoms with van der Waals surface area (Å²) in [4.78, 5) is 34.4. The van der Waals surface area contributed by atoms with E-state index in [0.29, 0.717) is 23.5 Å². The molecule has 0 aliphatic heterocycles. The average Bonchev–Trinajstić information content (AvgIpc) is 2.88. The van der Waals surface area contributed by atoms with Gasteiger partial charge in [0, 0.05) is 5.56 Å². The van der Waals surface area contributed by atoms with Crippen LogP contribution >= 0.6 is 7.82 Å². The first-order valence-electron chi connectivity index (χ1n) is 13.2. The van der Waals surface area contributed by atoms with Gasteiger partial charge in [-0.3, -0.25) is 9.69 Å². The molecule has 0 aliphatic rings. The van der Waals surface area contributed by atoms with Crippen molar-refractivity contribution in [3.63, 3.8) is 0 Å². The zero-order chi connectivity index (χ0) is 28.7. The summed E-state index contributed by atoms with van der Waals surface area (Å²) >= 11 is 0. The molecule has 10 nitrogen and oxygen atoms in total. The highest BCUT2D eigenvalue weighted by atomic mass is 31.2. The van der Waals surface area contributed by atoms with E-state index in [1.807, 2.05) is 13.8 Å². The van der Waals surface area contributed by atoms with Crippen molar-refractivity contribution in [1.29, 1.82) is 0 Å². The lowest BCUT2D eigenvalue weighted by Gasteiger charge is -2.17. The van der Waals surface area contributed by atoms with Crippen LogP contribution in [0.15, 0.2) is 42.5 Å². The molecular weight excluding hydrogens is 525 g/mol. The lowest BCUT2D eigenvalue weighted by atomic mass is 10.1. The highest BCUT2D eigenvalue weighted by Gasteiger charge is 2.26. The Morgan fingerprint density at radius 3 is 2.36 bits per heavy atom. The van der Waals surface area contributed by atoms with Crippen LogP contribution < -0.4 is 14.6 Å². The van der Waals surface area contributed by atoms with Crippen LogP contribution in [0.3, 0.4) is 0 Å². The maximum absolute atomic E-state index is 12.8. The summed E-state index contributed by atoms with van der Waals surface area (Å²) < 4.78 is 37.5. The van der Waals surface area contributed by atoms with Gasteiger partial charge in [0.05, 0.1) is 18.9 Å². The Morgan fingerprint density at radius 2 is 1.67 bits per heavy atom. The highest BCUT2D eigenvalue weighted by Crippen LogP contribution is 2.46. The van der Waals surface area contributed by atoms with Gasteiger partial charge in [0.2, 0.25) is 6.79 Å². The van der Waals surface area contributed by atoms with Crippen LogP contribution in [0, 0.1) is 12.8 Å². The number of unbranched alkanes of at least 4 members (excludes halogenated alkanes) is 5. The molecule has 0 radical (unpaired) electrons. The van der Waals surface area contributed by atoms with E-state index in [1.165, 1.54) is 31.7 Å². The highest BCUT2D eigenvalue weighted by molar-refractivity contribution is 7.47. The van der Waals surface area contributed by atoms with Gasteiger partial charge >= 0.3 is 14.0 Å². The number of amides is 1. The van der Waals surface area contributed by atoms with Gasteiger partial charge in [-0.25, -0.2) is 13.9 Å². The van der Waals surface area contributed by atoms with E-state index in [0.717, 1.165) is 12.8 Å². The van der Waals surface area contributed by atoms with Crippen LogP contribution in [0.1, 0.15) is 75.2 Å². The number of ether oxygens (including phenoxy) is 3. The molecule has 0 spiro atoms. The van der Waals surface area contributed by atoms with Crippen LogP contribution in [0.5, 0.6) is 11.5 Å². The zero-order valence-electron chi connectivity index (χ0n) is 23.1. The van der Waals surface area contributed by atoms with E-state index in [9.17, 15) is 19.0 Å². The Hall–Kier alpha value is -3.07. The molecule has 0 aliphatic carbocycles. The van der Waals surface area contributed by atoms with Crippen molar-refractivity contribution in [3.8, 4) is 11.5 Å². The summed E-state index contributed by atoms with van der Waals surface area (Å²) in [5.74, 6) is 0.238. The van der Waals surface area contributed by atoms with Crippen LogP contribution in [-0.4, -0.2) is 37.0 Å². The first-order valence-corrected chi connectivity index (χ1v) is 14.7. The fraction of sp³-hybridized carbons (Fsp3) is 0.500. The number of hydrogen-bond acceptors (Lipinski definition) is 8. The minimum absolute atomic E-state index is 0.0875. The molecule has 11 heteroatoms. The van der Waals surface area contributed by atoms with Crippen molar-refractivity contribution in [2.45, 2.75) is 66.2 Å². The number of carbonyl (C=O) groups excluding carboxylic acids is 2. The Bertz CT molecular complexity index is 1090. The van der Waals surface area contributed by atoms with Gasteiger partial charge in [0.1, 0.15) is 5.75 Å². The number of benzene rings is 2. The van der Waals surface area contributed by atoms with Gasteiger partial charge in [-0.05, 0) is 61.2 Å². The fourth-order valence-corrected chi connectivity index (χ4v) is 3.98. The first-order chi connectivity index (χ1) is 18.6. The smallest absolute Gasteiger partial charge is 0.494 e. The quantitative estimate of drug-likeness (QED) is 0.0881. The van der Waals surface area contributed by atoms with Crippen LogP contribution in [0.2, 0.25) is 0 Å². The molecule has 216 valence electrons. The summed E-state index contributed by atoms with van der Waals surface area (Å²) in [5, 5.41) is 2.68. The number of nitrogens with one attached hydrogen (secondary N) is 1. The van der Waals surface area contributed by atoms with E-state index in [4.69, 9.17) is 18.5 Å². The van der Waals surface area contributed by atoms with Gasteiger partial charge in [-0.15, -0.1) is 0 Å². The van der Waals surface area contributed by atoms with Crippen molar-refractivity contribution in [3.05, 3.63) is 53.6 Å². The minimum Gasteiger partial charge on any atom is -0.494 e. The van der Waals surface area contributed by atoms with E-state index in [1.54, 1.807) is 43.3 Å². The number of anilines is 1. The molecule has 0 bridgehead atoms. The summed E-state index contributed by atoms with van der Waals surface area (Å²) in [7, 11) is -4.70. The van der Waals surface area contributed by atoms with Gasteiger partial charge < -0.3 is 24.1 Å². The SMILES string of the molecule is CCCCCCCCOc1ccc(C(=O)Nc2ccc(C)cc2OP(=O)(O)OCOC(=O)OCC(C)C)cc1. The molecule has 0 fully saturated rings. The lowest BCUT2D eigenvalue weighted by molar-refractivity contribution is -0.00813. The minimum atomic E-state index is -4.70. The number of phosphoric ester groups is 1. The third kappa shape index (κ3) is 13.0. The predicted octanol–water partition coefficient (Wildman–Crippen LogP) is 7.25. The van der Waals surface area contributed by atoms with E-state index < -0.39 is 26.7 Å². The van der Waals surface area contributed by atoms with Gasteiger partial charge in [0.15, 0.2) is 5.75 Å². The third-order valence-corrected chi connectivity index (χ3v) is 6.27. The van der Waals surface area contributed by atoms with E-state index in [2.05, 4.69) is 17.0 Å². The molecule has 2 rings (SSSR count). The standard InChI is InChI=1S/C28H40NO9P/c1-5-6-7-8-9-10-17-34-24-14-12-23(13-15-24)27(30)29-25-16-11-22(4)18-26(25)38-39(32,33)37-20-36-28(31)35-19-21(2)3/h11-16,18,21H,5-10,17,19-20H2,1-4H3,(H,29,30)(H,32,33). The Morgan fingerprint density at radius 1 is 0.974 bits per heavy atom. The summed E-state index contributed by atoms with van der Waals surface area (Å²) in [6.45, 7) is 7.53. The molecule has 0 heterocycles. The molecular formula is C28H40NO9P. The Balaban J connectivity index is 1.90. The van der Waals surface area contributed by atoms with Crippen molar-refractivity contribution in [1.82, 2.24) is 0 Å². The topological polar surface area (TPSA) is 130 Å². The zero-order valence-corrected chi connectivity index (χ0v) is 24.0. The Labute approximate surface area is 230 Å². The largest absolute Gasteiger partial charge is 0.530 e. The van der Waals surface area contributed by atoms with Crippen LogP contribution in [0.4, 0.5) is 10.5 Å². The first kappa shape index (κ1) is 32.1. The molecule has 0 saturated carbocycles. The number of aryl methyl sites for hydroxylation is 1. The van der Waals surface area contributed by atoms with E-state index in [-0.39, 0.29) is 24.0 Å². The lowest BCUT2D eigenvalue weighted by Crippen LogP contribution is -2.14. The van der Waals surface area contributed by atoms with Crippen molar-refractivity contribution < 1.29 is 42.3 Å². The summed E-state index contributed by atoms with van der Waals surface area (Å²) in [5.41, 5.74) is 1.23. The molecule has 1 atom stereocenters. The molecule has 39 heavy (non-hydrogen) atoms. The van der Waals surface area contributed by atoms with Gasteiger partial charge in [0.25, 0.3) is 5.91 Å². The van der Waals surface area contributed by atoms with Gasteiger partial charge in [-0.2, -0.15) is 0 Å². The molecule has 0 saturated heterocycles. The van der Waals surface area contributed by atoms with E-state index >= 15 is 0 Å². The normalized spacial score (nSPS) is 12.5. The second-order valence-electron chi connectivity index (χ2n) is 9.50. The maximum atomic E-state index is 12.8. The monoisotopic (exact) mass is 565 g/mol. The molecule has 2 N–H and O–H groups in total. The number of rotatable bonds is 17. The molecule has 1 unspecified atom stereocenters. The Kier molecular flexibility index (Phi) is 13.8. The van der Waals surface area contributed by atoms with Crippen LogP contribution in [0.25, 0.3) is 0 Å². The van der Waals surface area contributed by atoms with Crippen molar-refractivity contribution in [2.24, 2.45) is 5.92 Å². The number of carbonyl (C=O) groups is 2. The predicted molar refractivity (Wildman–Crippen MR) is 148 cm³/mol. The van der Waals surface area contributed by atoms with Crippen molar-refractivity contribution >= 4 is 25.6 Å². The number of hydrogen-bond donors (Lipinski definition) is 2. The van der Waals surface area contributed by atoms with Crippen molar-refractivity contribution in [2.75, 3.05) is 25.3 Å². The molecule has 0 aromatic heterocycles.